The fraction of sp³-hybridized carbons (Fsp3) is 0.167. The van der Waals surface area contributed by atoms with Gasteiger partial charge in [-0.1, -0.05) is 6.07 Å². The molecule has 4 aromatic rings. The van der Waals surface area contributed by atoms with E-state index in [2.05, 4.69) is 15.0 Å². The number of pyridine rings is 1. The van der Waals surface area contributed by atoms with Gasteiger partial charge in [0, 0.05) is 23.3 Å². The number of nitrogens with zero attached hydrogens (tertiary/aromatic N) is 3. The van der Waals surface area contributed by atoms with Crippen LogP contribution in [0.4, 0.5) is 0 Å². The molecule has 0 saturated heterocycles. The van der Waals surface area contributed by atoms with Gasteiger partial charge in [0.25, 0.3) is 5.56 Å². The fourth-order valence-corrected chi connectivity index (χ4v) is 2.83. The average molecular weight is 320 g/mol. The van der Waals surface area contributed by atoms with Crippen molar-refractivity contribution in [3.05, 3.63) is 65.0 Å². The second kappa shape index (κ2) is 5.81. The van der Waals surface area contributed by atoms with Crippen molar-refractivity contribution in [2.24, 2.45) is 0 Å². The first-order chi connectivity index (χ1) is 11.8. The van der Waals surface area contributed by atoms with Gasteiger partial charge in [-0.25, -0.2) is 4.98 Å². The highest BCUT2D eigenvalue weighted by atomic mass is 16.5. The van der Waals surface area contributed by atoms with Crippen molar-refractivity contribution in [2.45, 2.75) is 13.5 Å². The van der Waals surface area contributed by atoms with Crippen LogP contribution in [0.2, 0.25) is 0 Å². The summed E-state index contributed by atoms with van der Waals surface area (Å²) in [6.45, 7) is 2.98. The largest absolute Gasteiger partial charge is 0.494 e. The third-order valence-electron chi connectivity index (χ3n) is 3.93. The van der Waals surface area contributed by atoms with E-state index in [1.165, 1.54) is 0 Å². The zero-order valence-corrected chi connectivity index (χ0v) is 13.2. The minimum Gasteiger partial charge on any atom is -0.494 e. The average Bonchev–Trinajstić information content (AvgIpc) is 2.98. The predicted octanol–water partition coefficient (Wildman–Crippen LogP) is 2.72. The molecule has 6 nitrogen and oxygen atoms in total. The molecule has 3 heterocycles. The van der Waals surface area contributed by atoms with Crippen LogP contribution in [0.5, 0.6) is 5.75 Å². The molecule has 4 rings (SSSR count). The third-order valence-corrected chi connectivity index (χ3v) is 3.93. The minimum absolute atomic E-state index is 0.0991. The first kappa shape index (κ1) is 14.4. The zero-order chi connectivity index (χ0) is 16.5. The van der Waals surface area contributed by atoms with Crippen LogP contribution in [0.25, 0.3) is 21.9 Å². The Kier molecular flexibility index (Phi) is 3.49. The van der Waals surface area contributed by atoms with Crippen LogP contribution in [0.1, 0.15) is 12.5 Å². The normalized spacial score (nSPS) is 11.2. The van der Waals surface area contributed by atoms with Crippen molar-refractivity contribution in [2.75, 3.05) is 6.61 Å². The predicted molar refractivity (Wildman–Crippen MR) is 92.4 cm³/mol. The smallest absolute Gasteiger partial charge is 0.277 e. The molecule has 0 aliphatic rings. The molecule has 24 heavy (non-hydrogen) atoms. The van der Waals surface area contributed by atoms with Crippen LogP contribution in [0.3, 0.4) is 0 Å². The van der Waals surface area contributed by atoms with Crippen molar-refractivity contribution in [3.63, 3.8) is 0 Å². The Bertz CT molecular complexity index is 1070. The maximum absolute atomic E-state index is 12.8. The van der Waals surface area contributed by atoms with E-state index < -0.39 is 0 Å². The monoisotopic (exact) mass is 320 g/mol. The number of benzene rings is 1. The van der Waals surface area contributed by atoms with Gasteiger partial charge >= 0.3 is 0 Å². The summed E-state index contributed by atoms with van der Waals surface area (Å²) in [6.07, 6.45) is 5.04. The van der Waals surface area contributed by atoms with E-state index in [-0.39, 0.29) is 5.56 Å². The summed E-state index contributed by atoms with van der Waals surface area (Å²) in [4.78, 5) is 24.5. The SMILES string of the molecule is CCOc1ccc2[nH]c3c(=O)n(Cc4cccnc4)cnc3c2c1. The second-order valence-corrected chi connectivity index (χ2v) is 5.53. The number of ether oxygens (including phenoxy) is 1. The fourth-order valence-electron chi connectivity index (χ4n) is 2.83. The molecule has 1 aromatic carbocycles. The molecule has 6 heteroatoms. The number of aromatic nitrogens is 4. The van der Waals surface area contributed by atoms with E-state index in [1.807, 2.05) is 37.3 Å². The van der Waals surface area contributed by atoms with Crippen molar-refractivity contribution >= 4 is 21.9 Å². The van der Waals surface area contributed by atoms with E-state index in [1.54, 1.807) is 23.3 Å². The lowest BCUT2D eigenvalue weighted by Crippen LogP contribution is -2.21. The van der Waals surface area contributed by atoms with Gasteiger partial charge in [-0.05, 0) is 36.8 Å². The molecule has 120 valence electrons. The maximum Gasteiger partial charge on any atom is 0.277 e. The maximum atomic E-state index is 12.8. The topological polar surface area (TPSA) is 72.8 Å². The molecule has 0 spiro atoms. The highest BCUT2D eigenvalue weighted by Gasteiger charge is 2.12. The Morgan fingerprint density at radius 3 is 3.00 bits per heavy atom. The number of H-pyrrole nitrogens is 1. The molecule has 0 fully saturated rings. The number of hydrogen-bond donors (Lipinski definition) is 1. The van der Waals surface area contributed by atoms with E-state index in [4.69, 9.17) is 4.74 Å². The summed E-state index contributed by atoms with van der Waals surface area (Å²) < 4.78 is 7.11. The standard InChI is InChI=1S/C18H16N4O2/c1-2-24-13-5-6-15-14(8-13)16-17(21-15)18(23)22(11-20-16)10-12-4-3-7-19-9-12/h3-9,11,21H,2,10H2,1H3. The summed E-state index contributed by atoms with van der Waals surface area (Å²) in [5.41, 5.74) is 2.90. The molecular formula is C18H16N4O2. The van der Waals surface area contributed by atoms with Gasteiger partial charge < -0.3 is 9.72 Å². The van der Waals surface area contributed by atoms with Crippen molar-refractivity contribution < 1.29 is 4.74 Å². The van der Waals surface area contributed by atoms with Crippen molar-refractivity contribution in [1.82, 2.24) is 19.5 Å². The molecule has 3 aromatic heterocycles. The highest BCUT2D eigenvalue weighted by molar-refractivity contribution is 6.04. The van der Waals surface area contributed by atoms with Crippen LogP contribution in [-0.2, 0) is 6.54 Å². The summed E-state index contributed by atoms with van der Waals surface area (Å²) in [7, 11) is 0. The van der Waals surface area contributed by atoms with Gasteiger partial charge in [-0.15, -0.1) is 0 Å². The van der Waals surface area contributed by atoms with Crippen LogP contribution < -0.4 is 10.3 Å². The Morgan fingerprint density at radius 1 is 1.29 bits per heavy atom. The number of aromatic amines is 1. The Labute approximate surface area is 137 Å². The first-order valence-corrected chi connectivity index (χ1v) is 7.79. The lowest BCUT2D eigenvalue weighted by Gasteiger charge is -2.04. The van der Waals surface area contributed by atoms with Crippen LogP contribution in [0, 0.1) is 0 Å². The van der Waals surface area contributed by atoms with Crippen molar-refractivity contribution in [3.8, 4) is 5.75 Å². The highest BCUT2D eigenvalue weighted by Crippen LogP contribution is 2.25. The van der Waals surface area contributed by atoms with Crippen LogP contribution >= 0.6 is 0 Å². The Hall–Kier alpha value is -3.15. The van der Waals surface area contributed by atoms with Crippen LogP contribution in [-0.4, -0.2) is 26.1 Å². The van der Waals surface area contributed by atoms with E-state index in [0.29, 0.717) is 24.2 Å². The molecule has 0 atom stereocenters. The number of nitrogens with one attached hydrogen (secondary N) is 1. The van der Waals surface area contributed by atoms with E-state index >= 15 is 0 Å². The molecule has 0 aliphatic heterocycles. The summed E-state index contributed by atoms with van der Waals surface area (Å²) in [5, 5.41) is 0.890. The van der Waals surface area contributed by atoms with Gasteiger partial charge in [-0.3, -0.25) is 14.3 Å². The van der Waals surface area contributed by atoms with Gasteiger partial charge in [0.15, 0.2) is 0 Å². The molecule has 0 amide bonds. The summed E-state index contributed by atoms with van der Waals surface area (Å²) >= 11 is 0. The lowest BCUT2D eigenvalue weighted by atomic mass is 10.2. The van der Waals surface area contributed by atoms with Crippen LogP contribution in [0.15, 0.2) is 53.8 Å². The van der Waals surface area contributed by atoms with Gasteiger partial charge in [0.1, 0.15) is 16.8 Å². The molecule has 0 saturated carbocycles. The molecule has 0 bridgehead atoms. The first-order valence-electron chi connectivity index (χ1n) is 7.79. The lowest BCUT2D eigenvalue weighted by molar-refractivity contribution is 0.341. The quantitative estimate of drug-likeness (QED) is 0.627. The number of hydrogen-bond acceptors (Lipinski definition) is 4. The second-order valence-electron chi connectivity index (χ2n) is 5.53. The Balaban J connectivity index is 1.84. The summed E-state index contributed by atoms with van der Waals surface area (Å²) in [6, 6.07) is 9.49. The van der Waals surface area contributed by atoms with E-state index in [0.717, 1.165) is 22.2 Å². The molecule has 0 unspecified atom stereocenters. The molecule has 0 aliphatic carbocycles. The van der Waals surface area contributed by atoms with Gasteiger partial charge in [0.05, 0.1) is 19.5 Å². The third kappa shape index (κ3) is 2.42. The Morgan fingerprint density at radius 2 is 2.21 bits per heavy atom. The van der Waals surface area contributed by atoms with Crippen molar-refractivity contribution in [1.29, 1.82) is 0 Å². The van der Waals surface area contributed by atoms with Gasteiger partial charge in [-0.2, -0.15) is 0 Å². The molecule has 1 N–H and O–H groups in total. The number of fused-ring (bicyclic) bond motifs is 3. The van der Waals surface area contributed by atoms with Gasteiger partial charge in [0.2, 0.25) is 0 Å². The summed E-state index contributed by atoms with van der Waals surface area (Å²) in [5.74, 6) is 0.771. The molecular weight excluding hydrogens is 304 g/mol. The zero-order valence-electron chi connectivity index (χ0n) is 13.2. The molecule has 0 radical (unpaired) electrons. The minimum atomic E-state index is -0.0991. The number of rotatable bonds is 4. The van der Waals surface area contributed by atoms with E-state index in [9.17, 15) is 4.79 Å².